The third kappa shape index (κ3) is 8.80. The standard InChI is InChI=1S/C17H22N4O2.C17H20N4O2.C17H18N4O.CH5NO.2CH4/c2*1-16(2)11-7-6-9-12(15(18)23)21(5)20-13(9)17(11,3)8-10(19-4)14(16)22;1-16(2)13-7-6-10-12(9-18)21(5)20-14(10)17(13,3)8-11(19-4)15(16)22;1-2-3;;/h10-11H,6-8H2,1-3,5H3,(H2,18,23);8,11H,6-7H2,1-3,5H3,(H2,18,23);8,13H,6-7H2,1-3,5H3;2-3H,1H3;2*1H4/t10?,11-,17-;11-,17-;13-,17-;;;/m000.../s1/i;;;;2*1T. The Kier molecular flexibility index (Phi) is 15.2. The van der Waals surface area contributed by atoms with Crippen molar-refractivity contribution in [3.05, 3.63) is 109 Å². The summed E-state index contributed by atoms with van der Waals surface area (Å²) in [6.07, 6.45) is 8.49. The van der Waals surface area contributed by atoms with Crippen LogP contribution in [0.2, 0.25) is 0 Å². The van der Waals surface area contributed by atoms with Crippen LogP contribution in [0.4, 0.5) is 0 Å². The van der Waals surface area contributed by atoms with Crippen LogP contribution in [0.1, 0.15) is 166 Å². The summed E-state index contributed by atoms with van der Waals surface area (Å²) in [6.45, 7) is 39.7. The van der Waals surface area contributed by atoms with Crippen LogP contribution in [-0.4, -0.2) is 76.8 Å². The van der Waals surface area contributed by atoms with Crippen molar-refractivity contribution in [3.63, 3.8) is 0 Å². The van der Waals surface area contributed by atoms with E-state index in [0.717, 1.165) is 59.5 Å². The third-order valence-corrected chi connectivity index (χ3v) is 16.9. The number of nitrogens with zero attached hydrogens (tertiary/aromatic N) is 10. The van der Waals surface area contributed by atoms with Gasteiger partial charge in [-0.15, -0.1) is 0 Å². The van der Waals surface area contributed by atoms with Gasteiger partial charge in [-0.2, -0.15) is 20.6 Å². The van der Waals surface area contributed by atoms with Gasteiger partial charge in [-0.25, -0.2) is 21.7 Å². The molecule has 0 saturated heterocycles. The van der Waals surface area contributed by atoms with E-state index < -0.39 is 44.9 Å². The zero-order chi connectivity index (χ0) is 57.3. The number of aryl methyl sites for hydroxylation is 3. The molecule has 73 heavy (non-hydrogen) atoms. The summed E-state index contributed by atoms with van der Waals surface area (Å²) in [4.78, 5) is 71.8. The maximum Gasteiger partial charge on any atom is 0.282 e. The van der Waals surface area contributed by atoms with Crippen molar-refractivity contribution in [2.45, 2.75) is 144 Å². The summed E-state index contributed by atoms with van der Waals surface area (Å²) in [5.41, 5.74) is 16.6. The first-order valence-corrected chi connectivity index (χ1v) is 23.7. The molecule has 0 aliphatic heterocycles. The van der Waals surface area contributed by atoms with Gasteiger partial charge in [0.1, 0.15) is 23.2 Å². The van der Waals surface area contributed by atoms with Crippen LogP contribution in [-0.2, 0) is 71.0 Å². The molecule has 1 unspecified atom stereocenters. The van der Waals surface area contributed by atoms with Crippen LogP contribution in [0.5, 0.6) is 0 Å². The molecule has 3 heterocycles. The van der Waals surface area contributed by atoms with Gasteiger partial charge in [-0.3, -0.25) is 28.4 Å². The summed E-state index contributed by atoms with van der Waals surface area (Å²) in [5.74, 6) is -0.884. The van der Waals surface area contributed by atoms with Gasteiger partial charge in [-0.1, -0.05) is 89.3 Å². The summed E-state index contributed by atoms with van der Waals surface area (Å²) in [7, 11) is 9.13. The lowest BCUT2D eigenvalue weighted by atomic mass is 9.50. The van der Waals surface area contributed by atoms with Gasteiger partial charge < -0.3 is 31.1 Å². The minimum atomic E-state index is -0.642. The molecule has 6 aliphatic carbocycles. The second kappa shape index (κ2) is 20.1. The maximum atomic E-state index is 12.7. The summed E-state index contributed by atoms with van der Waals surface area (Å²) >= 11 is 0. The summed E-state index contributed by atoms with van der Waals surface area (Å²) < 4.78 is 16.2. The predicted molar refractivity (Wildman–Crippen MR) is 274 cm³/mol. The molecular formula is C54H73N13O6. The molecule has 0 spiro atoms. The zero-order valence-electron chi connectivity index (χ0n) is 47.0. The van der Waals surface area contributed by atoms with Crippen LogP contribution in [0, 0.1) is 65.0 Å². The minimum Gasteiger partial charge on any atom is -0.364 e. The summed E-state index contributed by atoms with van der Waals surface area (Å²) in [5, 5.41) is 30.4. The van der Waals surface area contributed by atoms with E-state index in [0.29, 0.717) is 36.3 Å². The number of fused-ring (bicyclic) bond motifs is 9. The van der Waals surface area contributed by atoms with Crippen LogP contribution < -0.4 is 16.9 Å². The first kappa shape index (κ1) is 55.3. The fourth-order valence-electron chi connectivity index (χ4n) is 13.8. The molecule has 3 aromatic heterocycles. The second-order valence-electron chi connectivity index (χ2n) is 22.0. The van der Waals surface area contributed by atoms with Gasteiger partial charge in [0.15, 0.2) is 11.6 Å². The lowest BCUT2D eigenvalue weighted by molar-refractivity contribution is -0.137. The van der Waals surface area contributed by atoms with E-state index in [2.05, 4.69) is 42.8 Å². The maximum absolute atomic E-state index is 12.7. The Hall–Kier alpha value is -7.06. The number of Topliss-reactive ketones (excluding diaryl/α,β-unsaturated/α-hetero) is 3. The number of carbonyl (C=O) groups excluding carboxylic acids is 5. The van der Waals surface area contributed by atoms with E-state index in [-0.39, 0.29) is 51.9 Å². The fraction of sp³-hybridized carbons (Fsp3) is 0.593. The average Bonchev–Trinajstić information content (AvgIpc) is 4.02. The number of nitrogens with two attached hydrogens (primary N) is 2. The molecule has 6 N–H and O–H groups in total. The first-order chi connectivity index (χ1) is 35.0. The molecule has 2 amide bonds. The monoisotopic (exact) mass is 1000 g/mol. The number of rotatable bonds is 2. The third-order valence-electron chi connectivity index (χ3n) is 16.9. The average molecular weight is 1000 g/mol. The Bertz CT molecular complexity index is 3040. The quantitative estimate of drug-likeness (QED) is 0.154. The van der Waals surface area contributed by atoms with Gasteiger partial charge in [0.2, 0.25) is 17.2 Å². The number of nitrogens with one attached hydrogen (secondary N) is 1. The number of carbonyl (C=O) groups is 5. The van der Waals surface area contributed by atoms with Gasteiger partial charge in [0.05, 0.1) is 30.2 Å². The van der Waals surface area contributed by atoms with Gasteiger partial charge in [0.25, 0.3) is 17.9 Å². The largest absolute Gasteiger partial charge is 0.364 e. The normalized spacial score (nSPS) is 28.1. The molecular weight excluding hydrogens is 927 g/mol. The zero-order valence-corrected chi connectivity index (χ0v) is 45.0. The van der Waals surface area contributed by atoms with Crippen molar-refractivity contribution < 1.29 is 31.9 Å². The molecule has 0 bridgehead atoms. The lowest BCUT2D eigenvalue weighted by Gasteiger charge is -2.51. The van der Waals surface area contributed by atoms with Crippen molar-refractivity contribution in [1.29, 1.82) is 5.26 Å². The van der Waals surface area contributed by atoms with Gasteiger partial charge in [0, 0.05) is 86.5 Å². The number of primary amides is 2. The first-order valence-electron chi connectivity index (χ1n) is 25.7. The van der Waals surface area contributed by atoms with E-state index >= 15 is 0 Å². The van der Waals surface area contributed by atoms with Crippen molar-refractivity contribution >= 4 is 29.2 Å². The molecule has 6 aliphatic rings. The topological polar surface area (TPSA) is 260 Å². The van der Waals surface area contributed by atoms with Crippen molar-refractivity contribution in [1.82, 2.24) is 34.8 Å². The molecule has 7 atom stereocenters. The highest BCUT2D eigenvalue weighted by molar-refractivity contribution is 6.03. The molecule has 0 aromatic carbocycles. The highest BCUT2D eigenvalue weighted by Gasteiger charge is 2.61. The molecule has 1 saturated carbocycles. The Morgan fingerprint density at radius 3 is 1.48 bits per heavy atom. The number of ketones is 3. The molecule has 390 valence electrons. The second-order valence-corrected chi connectivity index (χ2v) is 22.0. The highest BCUT2D eigenvalue weighted by Crippen LogP contribution is 2.58. The number of hydroxylamine groups is 1. The van der Waals surface area contributed by atoms with Crippen LogP contribution >= 0.6 is 0 Å². The van der Waals surface area contributed by atoms with Gasteiger partial charge >= 0.3 is 0 Å². The van der Waals surface area contributed by atoms with Crippen molar-refractivity contribution in [2.24, 2.45) is 66.6 Å². The van der Waals surface area contributed by atoms with Crippen molar-refractivity contribution in [2.75, 3.05) is 7.05 Å². The van der Waals surface area contributed by atoms with Crippen LogP contribution in [0.25, 0.3) is 14.5 Å². The van der Waals surface area contributed by atoms with E-state index in [1.165, 1.54) is 26.5 Å². The number of allylic oxidation sites excluding steroid dienone is 4. The van der Waals surface area contributed by atoms with Crippen LogP contribution in [0.3, 0.4) is 0 Å². The molecule has 19 heteroatoms. The van der Waals surface area contributed by atoms with Crippen molar-refractivity contribution in [3.8, 4) is 6.07 Å². The molecule has 3 aromatic rings. The number of hydrogen-bond donors (Lipinski definition) is 4. The molecule has 9 rings (SSSR count). The van der Waals surface area contributed by atoms with E-state index in [4.69, 9.17) is 39.1 Å². The Labute approximate surface area is 432 Å². The van der Waals surface area contributed by atoms with Gasteiger partial charge in [-0.05, 0) is 56.3 Å². The molecule has 19 nitrogen and oxygen atoms in total. The fourth-order valence-corrected chi connectivity index (χ4v) is 13.8. The SMILES string of the molecule is CNO.[3H]C.[3H]C.[C-]#[N+]C1=C[C@]2(C)c3nn(C)c(C#N)c3CC[C@H]2C(C)(C)C1=O.[C-]#[N+]C1=C[C@]2(C)c3nn(C)c(C(N)=O)c3CC[C@H]2C(C)(C)C1=O.[C-]#[N+]C1C[C@]2(C)c3nn(C)c(C(N)=O)c3CC[C@H]2C(C)(C)C1=O. The van der Waals surface area contributed by atoms with Crippen LogP contribution in [0.15, 0.2) is 23.5 Å². The minimum absolute atomic E-state index is 0.0319. The van der Waals surface area contributed by atoms with E-state index in [1.807, 2.05) is 55.4 Å². The van der Waals surface area contributed by atoms with E-state index in [1.54, 1.807) is 48.1 Å². The predicted octanol–water partition coefficient (Wildman–Crippen LogP) is 6.77. The lowest BCUT2D eigenvalue weighted by Crippen LogP contribution is -2.56. The number of amides is 2. The number of aromatic nitrogens is 6. The highest BCUT2D eigenvalue weighted by atomic mass is 16.5. The Morgan fingerprint density at radius 1 is 0.712 bits per heavy atom. The number of hydrogen-bond acceptors (Lipinski definition) is 11. The van der Waals surface area contributed by atoms with E-state index in [9.17, 15) is 29.2 Å². The smallest absolute Gasteiger partial charge is 0.282 e. The Morgan fingerprint density at radius 2 is 1.08 bits per heavy atom. The molecule has 0 radical (unpaired) electrons. The molecule has 1 fully saturated rings. The summed E-state index contributed by atoms with van der Waals surface area (Å²) in [6, 6.07) is 1.58. The number of nitriles is 1. The Balaban J connectivity index is 0.000000229.